The van der Waals surface area contributed by atoms with E-state index in [0.717, 1.165) is 17.4 Å². The molecule has 0 bridgehead atoms. The van der Waals surface area contributed by atoms with Gasteiger partial charge in [0.05, 0.1) is 0 Å². The molecule has 0 fully saturated rings. The van der Waals surface area contributed by atoms with Gasteiger partial charge in [-0.25, -0.2) is 4.79 Å². The Morgan fingerprint density at radius 1 is 0.844 bits per heavy atom. The number of carbonyl (C=O) groups excluding carboxylic acids is 2. The number of allylic oxidation sites excluding steroid dienone is 1. The predicted molar refractivity (Wildman–Crippen MR) is 128 cm³/mol. The summed E-state index contributed by atoms with van der Waals surface area (Å²) in [6.45, 7) is 0.827. The molecule has 0 aromatic heterocycles. The normalized spacial score (nSPS) is 12.6. The topological polar surface area (TPSA) is 55.4 Å². The lowest BCUT2D eigenvalue weighted by molar-refractivity contribution is -0.104. The lowest BCUT2D eigenvalue weighted by Crippen LogP contribution is -2.26. The highest BCUT2D eigenvalue weighted by molar-refractivity contribution is 5.79. The van der Waals surface area contributed by atoms with Crippen molar-refractivity contribution in [2.45, 2.75) is 12.3 Å². The van der Waals surface area contributed by atoms with Gasteiger partial charge in [0.15, 0.2) is 0 Å². The van der Waals surface area contributed by atoms with E-state index in [2.05, 4.69) is 29.6 Å². The molecular formula is C28H25NO3. The summed E-state index contributed by atoms with van der Waals surface area (Å²) in [5, 5.41) is 2.82. The molecule has 1 amide bonds. The van der Waals surface area contributed by atoms with Gasteiger partial charge in [0, 0.05) is 12.5 Å². The van der Waals surface area contributed by atoms with Crippen LogP contribution in [0.25, 0.3) is 23.3 Å². The standard InChI is InChI=1S/C28H25NO3/c30-19-7-9-22-16-14-21(15-17-22)8-5-6-18-29-28(31)32-20-27-25-12-3-1-10-23(25)24-11-2-4-13-26(24)27/h1-5,7-17,19,27H,6,18,20H2,(H,29,31)/b8-5?,9-7+. The predicted octanol–water partition coefficient (Wildman–Crippen LogP) is 5.84. The molecule has 0 saturated carbocycles. The average molecular weight is 424 g/mol. The smallest absolute Gasteiger partial charge is 0.407 e. The van der Waals surface area contributed by atoms with E-state index >= 15 is 0 Å². The fourth-order valence-corrected chi connectivity index (χ4v) is 4.00. The van der Waals surface area contributed by atoms with Gasteiger partial charge < -0.3 is 10.1 Å². The third-order valence-corrected chi connectivity index (χ3v) is 5.54. The molecule has 0 radical (unpaired) electrons. The third kappa shape index (κ3) is 5.03. The van der Waals surface area contributed by atoms with Crippen LogP contribution in [0.15, 0.2) is 84.9 Å². The Labute approximate surface area is 188 Å². The van der Waals surface area contributed by atoms with Crippen LogP contribution >= 0.6 is 0 Å². The van der Waals surface area contributed by atoms with E-state index < -0.39 is 6.09 Å². The molecule has 160 valence electrons. The average Bonchev–Trinajstić information content (AvgIpc) is 3.16. The van der Waals surface area contributed by atoms with E-state index in [-0.39, 0.29) is 5.92 Å². The molecule has 4 rings (SSSR count). The maximum absolute atomic E-state index is 12.2. The van der Waals surface area contributed by atoms with Crippen LogP contribution in [0.2, 0.25) is 0 Å². The van der Waals surface area contributed by atoms with Gasteiger partial charge in [-0.2, -0.15) is 0 Å². The van der Waals surface area contributed by atoms with Crippen LogP contribution in [-0.4, -0.2) is 25.5 Å². The molecule has 1 aliphatic rings. The molecule has 1 N–H and O–H groups in total. The Bertz CT molecular complexity index is 1100. The summed E-state index contributed by atoms with van der Waals surface area (Å²) in [7, 11) is 0. The van der Waals surface area contributed by atoms with Crippen LogP contribution in [0.4, 0.5) is 4.79 Å². The number of hydrogen-bond acceptors (Lipinski definition) is 3. The van der Waals surface area contributed by atoms with Crippen molar-refractivity contribution in [3.05, 3.63) is 107 Å². The van der Waals surface area contributed by atoms with Gasteiger partial charge in [-0.1, -0.05) is 91.0 Å². The number of amides is 1. The Kier molecular flexibility index (Phi) is 6.93. The lowest BCUT2D eigenvalue weighted by atomic mass is 9.98. The van der Waals surface area contributed by atoms with Gasteiger partial charge >= 0.3 is 6.09 Å². The second-order valence-electron chi connectivity index (χ2n) is 7.61. The van der Waals surface area contributed by atoms with Crippen molar-refractivity contribution in [3.8, 4) is 11.1 Å². The van der Waals surface area contributed by atoms with Crippen molar-refractivity contribution in [3.63, 3.8) is 0 Å². The number of hydrogen-bond donors (Lipinski definition) is 1. The van der Waals surface area contributed by atoms with Gasteiger partial charge in [-0.3, -0.25) is 4.79 Å². The van der Waals surface area contributed by atoms with Gasteiger partial charge in [-0.05, 0) is 45.9 Å². The van der Waals surface area contributed by atoms with Crippen molar-refractivity contribution in [2.75, 3.05) is 13.2 Å². The van der Waals surface area contributed by atoms with Crippen LogP contribution in [0.1, 0.15) is 34.6 Å². The quantitative estimate of drug-likeness (QED) is 0.281. The van der Waals surface area contributed by atoms with E-state index in [1.165, 1.54) is 28.3 Å². The van der Waals surface area contributed by atoms with Crippen LogP contribution in [0.3, 0.4) is 0 Å². The van der Waals surface area contributed by atoms with Crippen molar-refractivity contribution >= 4 is 24.5 Å². The van der Waals surface area contributed by atoms with Crippen LogP contribution in [0, 0.1) is 0 Å². The second kappa shape index (κ2) is 10.4. The van der Waals surface area contributed by atoms with Crippen molar-refractivity contribution < 1.29 is 14.3 Å². The second-order valence-corrected chi connectivity index (χ2v) is 7.61. The maximum atomic E-state index is 12.2. The number of ether oxygens (including phenoxy) is 1. The first kappa shape index (κ1) is 21.3. The summed E-state index contributed by atoms with van der Waals surface area (Å²) in [6.07, 6.45) is 8.33. The van der Waals surface area contributed by atoms with Crippen molar-refractivity contribution in [1.82, 2.24) is 5.32 Å². The summed E-state index contributed by atoms with van der Waals surface area (Å²) < 4.78 is 5.54. The first-order valence-electron chi connectivity index (χ1n) is 10.7. The fourth-order valence-electron chi connectivity index (χ4n) is 4.00. The summed E-state index contributed by atoms with van der Waals surface area (Å²) in [5.41, 5.74) is 6.89. The van der Waals surface area contributed by atoms with Crippen molar-refractivity contribution in [2.24, 2.45) is 0 Å². The molecule has 0 atom stereocenters. The van der Waals surface area contributed by atoms with Gasteiger partial charge in [-0.15, -0.1) is 0 Å². The number of nitrogens with one attached hydrogen (secondary N) is 1. The largest absolute Gasteiger partial charge is 0.449 e. The van der Waals surface area contributed by atoms with Gasteiger partial charge in [0.2, 0.25) is 0 Å². The Balaban J connectivity index is 1.23. The SMILES string of the molecule is O=C/C=C/c1ccc(C=CCCNC(=O)OCC2c3ccccc3-c3ccccc32)cc1. The lowest BCUT2D eigenvalue weighted by Gasteiger charge is -2.14. The van der Waals surface area contributed by atoms with E-state index in [9.17, 15) is 9.59 Å². The molecule has 4 nitrogen and oxygen atoms in total. The maximum Gasteiger partial charge on any atom is 0.407 e. The van der Waals surface area contributed by atoms with E-state index in [1.54, 1.807) is 6.08 Å². The molecule has 0 spiro atoms. The summed E-state index contributed by atoms with van der Waals surface area (Å²) >= 11 is 0. The number of aldehydes is 1. The molecule has 3 aromatic carbocycles. The third-order valence-electron chi connectivity index (χ3n) is 5.54. The molecular weight excluding hydrogens is 398 g/mol. The van der Waals surface area contributed by atoms with E-state index in [0.29, 0.717) is 19.6 Å². The van der Waals surface area contributed by atoms with Crippen LogP contribution in [-0.2, 0) is 9.53 Å². The molecule has 0 aliphatic heterocycles. The summed E-state index contributed by atoms with van der Waals surface area (Å²) in [6, 6.07) is 24.5. The zero-order valence-electron chi connectivity index (χ0n) is 17.7. The zero-order chi connectivity index (χ0) is 22.2. The van der Waals surface area contributed by atoms with E-state index in [1.807, 2.05) is 60.7 Å². The Morgan fingerprint density at radius 3 is 2.06 bits per heavy atom. The van der Waals surface area contributed by atoms with Gasteiger partial charge in [0.1, 0.15) is 12.9 Å². The minimum absolute atomic E-state index is 0.0670. The highest BCUT2D eigenvalue weighted by Crippen LogP contribution is 2.44. The summed E-state index contributed by atoms with van der Waals surface area (Å²) in [5.74, 6) is 0.0670. The highest BCUT2D eigenvalue weighted by Gasteiger charge is 2.28. The Morgan fingerprint density at radius 2 is 1.44 bits per heavy atom. The molecule has 0 saturated heterocycles. The van der Waals surface area contributed by atoms with Gasteiger partial charge in [0.25, 0.3) is 0 Å². The first-order valence-corrected chi connectivity index (χ1v) is 10.7. The molecule has 4 heteroatoms. The molecule has 32 heavy (non-hydrogen) atoms. The number of rotatable bonds is 8. The van der Waals surface area contributed by atoms with Crippen LogP contribution in [0.5, 0.6) is 0 Å². The minimum atomic E-state index is -0.397. The molecule has 1 aliphatic carbocycles. The highest BCUT2D eigenvalue weighted by atomic mass is 16.5. The monoisotopic (exact) mass is 423 g/mol. The molecule has 0 unspecified atom stereocenters. The molecule has 0 heterocycles. The number of fused-ring (bicyclic) bond motifs is 3. The summed E-state index contributed by atoms with van der Waals surface area (Å²) in [4.78, 5) is 22.6. The van der Waals surface area contributed by atoms with E-state index in [4.69, 9.17) is 4.74 Å². The minimum Gasteiger partial charge on any atom is -0.449 e. The number of alkyl carbamates (subject to hydrolysis) is 1. The zero-order valence-corrected chi connectivity index (χ0v) is 17.7. The van der Waals surface area contributed by atoms with Crippen molar-refractivity contribution in [1.29, 1.82) is 0 Å². The fraction of sp³-hybridized carbons (Fsp3) is 0.143. The number of carbonyl (C=O) groups is 2. The molecule has 3 aromatic rings. The number of benzene rings is 3. The van der Waals surface area contributed by atoms with Crippen LogP contribution < -0.4 is 5.32 Å². The first-order chi connectivity index (χ1) is 15.8. The Hall–Kier alpha value is -3.92.